The van der Waals surface area contributed by atoms with Gasteiger partial charge in [-0.1, -0.05) is 30.3 Å². The van der Waals surface area contributed by atoms with Crippen LogP contribution in [0.5, 0.6) is 5.75 Å². The van der Waals surface area contributed by atoms with Crippen molar-refractivity contribution < 1.29 is 17.9 Å². The molecule has 0 aromatic heterocycles. The summed E-state index contributed by atoms with van der Waals surface area (Å²) in [6, 6.07) is 15.1. The molecule has 0 amide bonds. The summed E-state index contributed by atoms with van der Waals surface area (Å²) in [4.78, 5) is 4.46. The van der Waals surface area contributed by atoms with Crippen molar-refractivity contribution in [3.05, 3.63) is 71.9 Å². The molecule has 1 aliphatic rings. The zero-order valence-electron chi connectivity index (χ0n) is 15.8. The second-order valence-electron chi connectivity index (χ2n) is 6.48. The van der Waals surface area contributed by atoms with Crippen LogP contribution in [0.3, 0.4) is 0 Å². The van der Waals surface area contributed by atoms with Gasteiger partial charge in [-0.2, -0.15) is 13.2 Å². The fourth-order valence-electron chi connectivity index (χ4n) is 2.96. The summed E-state index contributed by atoms with van der Waals surface area (Å²) in [5.41, 5.74) is -0.0589. The van der Waals surface area contributed by atoms with Gasteiger partial charge in [0.05, 0.1) is 5.56 Å². The number of ether oxygens (including phenoxy) is 1. The molecular weight excluding hydrogens is 424 g/mol. The second-order valence-corrected chi connectivity index (χ2v) is 6.48. The van der Waals surface area contributed by atoms with E-state index in [1.165, 1.54) is 12.1 Å². The van der Waals surface area contributed by atoms with Gasteiger partial charge in [0.15, 0.2) is 0 Å². The third kappa shape index (κ3) is 8.17. The molecule has 2 aromatic carbocycles. The molecular formula is C21H25Cl2F3N2O. The molecule has 1 saturated heterocycles. The molecule has 0 N–H and O–H groups in total. The summed E-state index contributed by atoms with van der Waals surface area (Å²) < 4.78 is 44.0. The normalized spacial score (nSPS) is 14.9. The molecule has 3 rings (SSSR count). The van der Waals surface area contributed by atoms with Crippen molar-refractivity contribution in [3.63, 3.8) is 0 Å². The standard InChI is InChI=1S/C21H23F3N2O.2ClH/c22-21(23,24)19-6-4-5-18(17-19)9-10-25-11-13-26(14-12-25)15-16-27-20-7-2-1-3-8-20;;/h1-10,17H,11-16H2;2*1H. The highest BCUT2D eigenvalue weighted by atomic mass is 35.5. The summed E-state index contributed by atoms with van der Waals surface area (Å²) in [5.74, 6) is 0.875. The molecule has 0 unspecified atom stereocenters. The predicted molar refractivity (Wildman–Crippen MR) is 115 cm³/mol. The molecule has 3 nitrogen and oxygen atoms in total. The van der Waals surface area contributed by atoms with E-state index < -0.39 is 11.7 Å². The van der Waals surface area contributed by atoms with Crippen molar-refractivity contribution in [2.24, 2.45) is 0 Å². The predicted octanol–water partition coefficient (Wildman–Crippen LogP) is 5.22. The highest BCUT2D eigenvalue weighted by molar-refractivity contribution is 5.85. The maximum absolute atomic E-state index is 12.8. The number of nitrogens with zero attached hydrogens (tertiary/aromatic N) is 2. The lowest BCUT2D eigenvalue weighted by Crippen LogP contribution is -2.45. The molecule has 0 atom stereocenters. The van der Waals surface area contributed by atoms with Gasteiger partial charge in [-0.25, -0.2) is 0 Å². The van der Waals surface area contributed by atoms with Crippen LogP contribution in [0.2, 0.25) is 0 Å². The van der Waals surface area contributed by atoms with Crippen LogP contribution in [0.15, 0.2) is 60.8 Å². The Morgan fingerprint density at radius 3 is 2.24 bits per heavy atom. The van der Waals surface area contributed by atoms with Crippen molar-refractivity contribution in [3.8, 4) is 5.75 Å². The number of alkyl halides is 3. The van der Waals surface area contributed by atoms with Crippen LogP contribution in [0.4, 0.5) is 13.2 Å². The van der Waals surface area contributed by atoms with Gasteiger partial charge in [0.25, 0.3) is 0 Å². The Bertz CT molecular complexity index is 749. The highest BCUT2D eigenvalue weighted by Crippen LogP contribution is 2.29. The van der Waals surface area contributed by atoms with Gasteiger partial charge in [-0.05, 0) is 42.1 Å². The Hall–Kier alpha value is -1.89. The average Bonchev–Trinajstić information content (AvgIpc) is 2.68. The maximum Gasteiger partial charge on any atom is 0.416 e. The molecule has 160 valence electrons. The van der Waals surface area contributed by atoms with E-state index in [1.807, 2.05) is 36.5 Å². The van der Waals surface area contributed by atoms with Gasteiger partial charge in [0.1, 0.15) is 12.4 Å². The van der Waals surface area contributed by atoms with Crippen LogP contribution in [0, 0.1) is 0 Å². The van der Waals surface area contributed by atoms with Crippen LogP contribution < -0.4 is 4.74 Å². The van der Waals surface area contributed by atoms with Gasteiger partial charge < -0.3 is 9.64 Å². The van der Waals surface area contributed by atoms with Crippen molar-refractivity contribution in [1.29, 1.82) is 0 Å². The second kappa shape index (κ2) is 12.0. The van der Waals surface area contributed by atoms with E-state index in [2.05, 4.69) is 9.80 Å². The smallest absolute Gasteiger partial charge is 0.416 e. The van der Waals surface area contributed by atoms with E-state index in [0.717, 1.165) is 44.5 Å². The number of rotatable bonds is 6. The molecule has 1 heterocycles. The summed E-state index contributed by atoms with van der Waals surface area (Å²) in [5, 5.41) is 0. The molecule has 0 saturated carbocycles. The minimum atomic E-state index is -4.31. The third-order valence-corrected chi connectivity index (χ3v) is 4.52. The molecule has 0 radical (unpaired) electrons. The van der Waals surface area contributed by atoms with Gasteiger partial charge >= 0.3 is 6.18 Å². The first kappa shape index (κ1) is 25.1. The number of para-hydroxylation sites is 1. The molecule has 0 aliphatic carbocycles. The van der Waals surface area contributed by atoms with Crippen LogP contribution in [-0.2, 0) is 6.18 Å². The van der Waals surface area contributed by atoms with Crippen LogP contribution >= 0.6 is 24.8 Å². The SMILES string of the molecule is Cl.Cl.FC(F)(F)c1cccc(C=CN2CCN(CCOc3ccccc3)CC2)c1. The van der Waals surface area contributed by atoms with Crippen LogP contribution in [0.1, 0.15) is 11.1 Å². The van der Waals surface area contributed by atoms with Gasteiger partial charge in [0, 0.05) is 32.7 Å². The van der Waals surface area contributed by atoms with E-state index in [-0.39, 0.29) is 24.8 Å². The lowest BCUT2D eigenvalue weighted by Gasteiger charge is -2.34. The zero-order valence-corrected chi connectivity index (χ0v) is 17.5. The Morgan fingerprint density at radius 2 is 1.59 bits per heavy atom. The quantitative estimate of drug-likeness (QED) is 0.602. The summed E-state index contributed by atoms with van der Waals surface area (Å²) in [6.45, 7) is 5.02. The lowest BCUT2D eigenvalue weighted by molar-refractivity contribution is -0.137. The molecule has 29 heavy (non-hydrogen) atoms. The fourth-order valence-corrected chi connectivity index (χ4v) is 2.96. The van der Waals surface area contributed by atoms with Crippen molar-refractivity contribution in [2.75, 3.05) is 39.3 Å². The van der Waals surface area contributed by atoms with Crippen molar-refractivity contribution in [2.45, 2.75) is 6.18 Å². The lowest BCUT2D eigenvalue weighted by atomic mass is 10.1. The molecule has 0 spiro atoms. The number of hydrogen-bond donors (Lipinski definition) is 0. The Kier molecular flexibility index (Phi) is 10.4. The number of hydrogen-bond acceptors (Lipinski definition) is 3. The third-order valence-electron chi connectivity index (χ3n) is 4.52. The average molecular weight is 449 g/mol. The fraction of sp³-hybridized carbons (Fsp3) is 0.333. The Morgan fingerprint density at radius 1 is 0.897 bits per heavy atom. The topological polar surface area (TPSA) is 15.7 Å². The Labute approximate surface area is 182 Å². The van der Waals surface area contributed by atoms with E-state index in [0.29, 0.717) is 12.2 Å². The molecule has 2 aromatic rings. The largest absolute Gasteiger partial charge is 0.492 e. The minimum absolute atomic E-state index is 0. The molecule has 0 bridgehead atoms. The summed E-state index contributed by atoms with van der Waals surface area (Å²) in [7, 11) is 0. The number of piperazine rings is 1. The van der Waals surface area contributed by atoms with Gasteiger partial charge in [0.2, 0.25) is 0 Å². The summed E-state index contributed by atoms with van der Waals surface area (Å²) >= 11 is 0. The zero-order chi connectivity index (χ0) is 19.1. The van der Waals surface area contributed by atoms with E-state index in [4.69, 9.17) is 4.74 Å². The van der Waals surface area contributed by atoms with Crippen molar-refractivity contribution in [1.82, 2.24) is 9.80 Å². The van der Waals surface area contributed by atoms with E-state index in [9.17, 15) is 13.2 Å². The van der Waals surface area contributed by atoms with Crippen LogP contribution in [0.25, 0.3) is 6.08 Å². The Balaban J connectivity index is 0.00000210. The first-order valence-electron chi connectivity index (χ1n) is 9.00. The molecule has 8 heteroatoms. The number of halogens is 5. The monoisotopic (exact) mass is 448 g/mol. The number of benzene rings is 2. The minimum Gasteiger partial charge on any atom is -0.492 e. The molecule has 1 fully saturated rings. The van der Waals surface area contributed by atoms with E-state index >= 15 is 0 Å². The van der Waals surface area contributed by atoms with E-state index in [1.54, 1.807) is 12.1 Å². The van der Waals surface area contributed by atoms with Gasteiger partial charge in [-0.3, -0.25) is 4.90 Å². The molecule has 1 aliphatic heterocycles. The highest BCUT2D eigenvalue weighted by Gasteiger charge is 2.30. The van der Waals surface area contributed by atoms with Gasteiger partial charge in [-0.15, -0.1) is 24.8 Å². The first-order valence-corrected chi connectivity index (χ1v) is 9.00. The maximum atomic E-state index is 12.8. The van der Waals surface area contributed by atoms with Crippen molar-refractivity contribution >= 4 is 30.9 Å². The summed E-state index contributed by atoms with van der Waals surface area (Å²) in [6.07, 6.45) is -0.687. The van der Waals surface area contributed by atoms with Crippen LogP contribution in [-0.4, -0.2) is 49.1 Å². The first-order chi connectivity index (χ1) is 13.0.